The molecule has 0 unspecified atom stereocenters. The van der Waals surface area contributed by atoms with Gasteiger partial charge in [0.25, 0.3) is 5.91 Å². The molecule has 0 radical (unpaired) electrons. The van der Waals surface area contributed by atoms with Gasteiger partial charge in [0.2, 0.25) is 0 Å². The maximum absolute atomic E-state index is 12.4. The smallest absolute Gasteiger partial charge is 0.289 e. The van der Waals surface area contributed by atoms with E-state index in [0.717, 1.165) is 29.9 Å². The molecule has 0 atom stereocenters. The molecular formula is C26H33N5O2. The summed E-state index contributed by atoms with van der Waals surface area (Å²) in [7, 11) is 0. The highest BCUT2D eigenvalue weighted by Gasteiger charge is 2.11. The zero-order chi connectivity index (χ0) is 23.5. The molecule has 4 N–H and O–H groups in total. The molecule has 1 aromatic heterocycles. The summed E-state index contributed by atoms with van der Waals surface area (Å²) in [5, 5.41) is 11.2. The molecule has 7 heteroatoms. The van der Waals surface area contributed by atoms with Crippen LogP contribution in [0, 0.1) is 0 Å². The van der Waals surface area contributed by atoms with Crippen LogP contribution in [0.3, 0.4) is 0 Å². The number of ether oxygens (including phenoxy) is 1. The van der Waals surface area contributed by atoms with E-state index < -0.39 is 0 Å². The second-order valence-electron chi connectivity index (χ2n) is 8.07. The van der Waals surface area contributed by atoms with Crippen molar-refractivity contribution in [1.82, 2.24) is 15.6 Å². The van der Waals surface area contributed by atoms with Gasteiger partial charge >= 0.3 is 0 Å². The van der Waals surface area contributed by atoms with E-state index in [4.69, 9.17) is 10.5 Å². The number of aromatic nitrogens is 2. The van der Waals surface area contributed by atoms with Gasteiger partial charge in [-0.3, -0.25) is 9.89 Å². The summed E-state index contributed by atoms with van der Waals surface area (Å²) < 4.78 is 5.83. The number of H-pyrrole nitrogens is 1. The Labute approximate surface area is 195 Å². The van der Waals surface area contributed by atoms with Crippen molar-refractivity contribution >= 4 is 17.3 Å². The maximum Gasteiger partial charge on any atom is 0.289 e. The third kappa shape index (κ3) is 7.49. The lowest BCUT2D eigenvalue weighted by Crippen LogP contribution is -2.19. The third-order valence-electron chi connectivity index (χ3n) is 5.39. The van der Waals surface area contributed by atoms with Crippen LogP contribution in [0.5, 0.6) is 5.75 Å². The molecule has 1 heterocycles. The van der Waals surface area contributed by atoms with Crippen molar-refractivity contribution < 1.29 is 9.53 Å². The number of hydrogen-bond acceptors (Lipinski definition) is 5. The number of hydrazone groups is 1. The minimum Gasteiger partial charge on any atom is -0.494 e. The predicted molar refractivity (Wildman–Crippen MR) is 133 cm³/mol. The van der Waals surface area contributed by atoms with Gasteiger partial charge in [0.05, 0.1) is 18.0 Å². The highest BCUT2D eigenvalue weighted by Crippen LogP contribution is 2.21. The Hall–Kier alpha value is -3.61. The lowest BCUT2D eigenvalue weighted by Gasteiger charge is -2.06. The minimum atomic E-state index is -0.359. The molecular weight excluding hydrogens is 414 g/mol. The van der Waals surface area contributed by atoms with Crippen LogP contribution in [0.15, 0.2) is 59.7 Å². The van der Waals surface area contributed by atoms with E-state index in [1.807, 2.05) is 43.3 Å². The first-order valence-electron chi connectivity index (χ1n) is 11.6. The number of carbonyl (C=O) groups excluding carboxylic acids is 1. The van der Waals surface area contributed by atoms with Gasteiger partial charge in [0.1, 0.15) is 11.4 Å². The average Bonchev–Trinajstić information content (AvgIpc) is 3.33. The number of amides is 1. The lowest BCUT2D eigenvalue weighted by molar-refractivity contribution is 0.0950. The molecule has 0 saturated heterocycles. The monoisotopic (exact) mass is 447 g/mol. The summed E-state index contributed by atoms with van der Waals surface area (Å²) >= 11 is 0. The Kier molecular flexibility index (Phi) is 9.06. The van der Waals surface area contributed by atoms with Gasteiger partial charge in [0, 0.05) is 11.3 Å². The molecule has 0 aliphatic carbocycles. The normalized spacial score (nSPS) is 11.4. The second-order valence-corrected chi connectivity index (χ2v) is 8.07. The van der Waals surface area contributed by atoms with Crippen LogP contribution in [0.1, 0.15) is 68.4 Å². The van der Waals surface area contributed by atoms with Crippen LogP contribution in [0.2, 0.25) is 0 Å². The fourth-order valence-corrected chi connectivity index (χ4v) is 3.36. The molecule has 3 rings (SSSR count). The Balaban J connectivity index is 1.49. The van der Waals surface area contributed by atoms with Crippen molar-refractivity contribution in [2.24, 2.45) is 5.10 Å². The topological polar surface area (TPSA) is 105 Å². The van der Waals surface area contributed by atoms with Crippen LogP contribution >= 0.6 is 0 Å². The Morgan fingerprint density at radius 3 is 2.45 bits per heavy atom. The zero-order valence-corrected chi connectivity index (χ0v) is 19.4. The van der Waals surface area contributed by atoms with Crippen LogP contribution in [0.4, 0.5) is 5.69 Å². The third-order valence-corrected chi connectivity index (χ3v) is 5.39. The van der Waals surface area contributed by atoms with E-state index >= 15 is 0 Å². The van der Waals surface area contributed by atoms with Crippen molar-refractivity contribution in [3.8, 4) is 17.0 Å². The fourth-order valence-electron chi connectivity index (χ4n) is 3.36. The number of aromatic amines is 1. The molecule has 3 aromatic rings. The minimum absolute atomic E-state index is 0.335. The van der Waals surface area contributed by atoms with Crippen molar-refractivity contribution in [3.05, 3.63) is 65.9 Å². The molecule has 2 aromatic carbocycles. The summed E-state index contributed by atoms with van der Waals surface area (Å²) in [5.41, 5.74) is 12.4. The van der Waals surface area contributed by atoms with Gasteiger partial charge in [-0.05, 0) is 61.4 Å². The molecule has 1 amide bonds. The highest BCUT2D eigenvalue weighted by molar-refractivity contribution is 6.00. The first kappa shape index (κ1) is 24.0. The molecule has 0 aliphatic heterocycles. The van der Waals surface area contributed by atoms with Gasteiger partial charge in [-0.15, -0.1) is 0 Å². The summed E-state index contributed by atoms with van der Waals surface area (Å²) in [6, 6.07) is 16.8. The number of rotatable bonds is 12. The number of nitrogens with zero attached hydrogens (tertiary/aromatic N) is 2. The zero-order valence-electron chi connectivity index (χ0n) is 19.4. The number of nitrogens with two attached hydrogens (primary N) is 1. The van der Waals surface area contributed by atoms with Crippen molar-refractivity contribution in [3.63, 3.8) is 0 Å². The van der Waals surface area contributed by atoms with E-state index in [1.54, 1.807) is 18.2 Å². The van der Waals surface area contributed by atoms with E-state index in [-0.39, 0.29) is 5.91 Å². The molecule has 0 fully saturated rings. The summed E-state index contributed by atoms with van der Waals surface area (Å²) in [5.74, 6) is 0.482. The fraction of sp³-hybridized carbons (Fsp3) is 0.346. The Morgan fingerprint density at radius 2 is 1.73 bits per heavy atom. The van der Waals surface area contributed by atoms with Gasteiger partial charge < -0.3 is 10.5 Å². The van der Waals surface area contributed by atoms with Gasteiger partial charge in [-0.25, -0.2) is 5.43 Å². The van der Waals surface area contributed by atoms with E-state index in [2.05, 4.69) is 27.6 Å². The Bertz CT molecular complexity index is 1040. The van der Waals surface area contributed by atoms with Crippen LogP contribution < -0.4 is 15.9 Å². The second kappa shape index (κ2) is 12.4. The molecule has 0 bridgehead atoms. The van der Waals surface area contributed by atoms with Crippen LogP contribution in [0.25, 0.3) is 11.3 Å². The number of nitrogens with one attached hydrogen (secondary N) is 2. The van der Waals surface area contributed by atoms with Gasteiger partial charge in [0.15, 0.2) is 0 Å². The molecule has 174 valence electrons. The van der Waals surface area contributed by atoms with E-state index in [9.17, 15) is 4.79 Å². The molecule has 0 spiro atoms. The largest absolute Gasteiger partial charge is 0.494 e. The van der Waals surface area contributed by atoms with Gasteiger partial charge in [-0.1, -0.05) is 51.2 Å². The first-order chi connectivity index (χ1) is 16.1. The standard InChI is InChI=1S/C26H33N5O2/c1-3-4-5-6-7-8-17-33-23-15-11-21(12-16-23)24-18-25(30-29-24)26(32)31-28-19(2)20-9-13-22(27)14-10-20/h9-16,18H,3-8,17,27H2,1-2H3,(H,29,30)(H,31,32)/b28-19+. The molecule has 0 aliphatic rings. The summed E-state index contributed by atoms with van der Waals surface area (Å²) in [6.07, 6.45) is 7.45. The maximum atomic E-state index is 12.4. The highest BCUT2D eigenvalue weighted by atomic mass is 16.5. The summed E-state index contributed by atoms with van der Waals surface area (Å²) in [4.78, 5) is 12.4. The van der Waals surface area contributed by atoms with E-state index in [1.165, 1.54) is 32.1 Å². The van der Waals surface area contributed by atoms with Crippen molar-refractivity contribution in [2.75, 3.05) is 12.3 Å². The molecule has 0 saturated carbocycles. The molecule has 7 nitrogen and oxygen atoms in total. The predicted octanol–water partition coefficient (Wildman–Crippen LogP) is 5.55. The average molecular weight is 448 g/mol. The Morgan fingerprint density at radius 1 is 1.03 bits per heavy atom. The summed E-state index contributed by atoms with van der Waals surface area (Å²) in [6.45, 7) is 4.78. The first-order valence-corrected chi connectivity index (χ1v) is 11.6. The number of benzene rings is 2. The SMILES string of the molecule is CCCCCCCCOc1ccc(-c2cc(C(=O)N/N=C(\C)c3ccc(N)cc3)[nH]n2)cc1. The number of hydrogen-bond donors (Lipinski definition) is 3. The van der Waals surface area contributed by atoms with Crippen LogP contribution in [-0.4, -0.2) is 28.4 Å². The van der Waals surface area contributed by atoms with Crippen molar-refractivity contribution in [1.29, 1.82) is 0 Å². The van der Waals surface area contributed by atoms with Gasteiger partial charge in [-0.2, -0.15) is 10.2 Å². The number of nitrogen functional groups attached to an aromatic ring is 1. The quantitative estimate of drug-likeness (QED) is 0.146. The molecule has 33 heavy (non-hydrogen) atoms. The van der Waals surface area contributed by atoms with Crippen LogP contribution in [-0.2, 0) is 0 Å². The van der Waals surface area contributed by atoms with E-state index in [0.29, 0.717) is 22.8 Å². The number of unbranched alkanes of at least 4 members (excludes halogenated alkanes) is 5. The lowest BCUT2D eigenvalue weighted by atomic mass is 10.1. The van der Waals surface area contributed by atoms with Crippen molar-refractivity contribution in [2.45, 2.75) is 52.4 Å². The number of anilines is 1. The number of carbonyl (C=O) groups is 1.